The summed E-state index contributed by atoms with van der Waals surface area (Å²) in [6, 6.07) is 5.90. The molecule has 3 rings (SSSR count). The molecule has 1 amide bonds. The fourth-order valence-corrected chi connectivity index (χ4v) is 3.06. The van der Waals surface area contributed by atoms with Crippen LogP contribution in [0.15, 0.2) is 28.9 Å². The maximum Gasteiger partial charge on any atom is 0.273 e. The number of aromatic nitrogens is 2. The molecule has 1 atom stereocenters. The fraction of sp³-hybridized carbons (Fsp3) is 0.471. The lowest BCUT2D eigenvalue weighted by molar-refractivity contribution is 0.0934. The number of piperidine rings is 1. The van der Waals surface area contributed by atoms with Crippen molar-refractivity contribution < 1.29 is 14.4 Å². The van der Waals surface area contributed by atoms with Crippen molar-refractivity contribution in [1.82, 2.24) is 15.5 Å². The number of nitrogens with zero attached hydrogens (tertiary/aromatic N) is 3. The number of aryl methyl sites for hydroxylation is 1. The van der Waals surface area contributed by atoms with Crippen LogP contribution in [0.1, 0.15) is 34.7 Å². The van der Waals surface area contributed by atoms with Crippen LogP contribution < -0.4 is 10.2 Å². The number of hydrogen-bond acceptors (Lipinski definition) is 6. The van der Waals surface area contributed by atoms with E-state index < -0.39 is 0 Å². The lowest BCUT2D eigenvalue weighted by Crippen LogP contribution is -2.41. The molecule has 2 aromatic heterocycles. The van der Waals surface area contributed by atoms with Gasteiger partial charge in [-0.1, -0.05) is 11.2 Å². The molecule has 0 spiro atoms. The van der Waals surface area contributed by atoms with Crippen LogP contribution in [0.25, 0.3) is 0 Å². The molecule has 0 aliphatic carbocycles. The number of pyridine rings is 1. The van der Waals surface area contributed by atoms with E-state index in [9.17, 15) is 9.90 Å². The van der Waals surface area contributed by atoms with E-state index in [1.54, 1.807) is 13.1 Å². The van der Waals surface area contributed by atoms with Crippen LogP contribution in [-0.4, -0.2) is 40.8 Å². The Balaban J connectivity index is 1.57. The van der Waals surface area contributed by atoms with Gasteiger partial charge in [0, 0.05) is 25.8 Å². The SMILES string of the molecule is Cc1onc(C(=O)NC[C@H]2CCCN(c3ccccn3)C2)c1CO. The quantitative estimate of drug-likeness (QED) is 0.863. The summed E-state index contributed by atoms with van der Waals surface area (Å²) in [4.78, 5) is 18.9. The molecule has 2 N–H and O–H groups in total. The largest absolute Gasteiger partial charge is 0.391 e. The van der Waals surface area contributed by atoms with Gasteiger partial charge in [-0.15, -0.1) is 0 Å². The molecule has 1 fully saturated rings. The first-order chi connectivity index (χ1) is 11.7. The molecule has 0 unspecified atom stereocenters. The molecular weight excluding hydrogens is 308 g/mol. The van der Waals surface area contributed by atoms with E-state index in [0.717, 1.165) is 31.7 Å². The molecule has 1 aliphatic rings. The Morgan fingerprint density at radius 3 is 3.12 bits per heavy atom. The number of nitrogens with one attached hydrogen (secondary N) is 1. The van der Waals surface area contributed by atoms with E-state index in [-0.39, 0.29) is 18.2 Å². The van der Waals surface area contributed by atoms with Gasteiger partial charge in [-0.2, -0.15) is 0 Å². The molecule has 1 saturated heterocycles. The smallest absolute Gasteiger partial charge is 0.273 e. The second-order valence-corrected chi connectivity index (χ2v) is 6.08. The van der Waals surface area contributed by atoms with Gasteiger partial charge in [-0.3, -0.25) is 4.79 Å². The van der Waals surface area contributed by atoms with E-state index in [2.05, 4.69) is 20.4 Å². The van der Waals surface area contributed by atoms with Crippen molar-refractivity contribution in [2.24, 2.45) is 5.92 Å². The third-order valence-corrected chi connectivity index (χ3v) is 4.40. The van der Waals surface area contributed by atoms with Crippen molar-refractivity contribution >= 4 is 11.7 Å². The monoisotopic (exact) mass is 330 g/mol. The number of aliphatic hydroxyl groups is 1. The molecule has 0 aromatic carbocycles. The van der Waals surface area contributed by atoms with Crippen molar-refractivity contribution in [3.63, 3.8) is 0 Å². The molecule has 2 aromatic rings. The number of aliphatic hydroxyl groups excluding tert-OH is 1. The van der Waals surface area contributed by atoms with E-state index >= 15 is 0 Å². The minimum atomic E-state index is -0.300. The molecule has 1 aliphatic heterocycles. The van der Waals surface area contributed by atoms with Gasteiger partial charge in [0.15, 0.2) is 5.69 Å². The first-order valence-electron chi connectivity index (χ1n) is 8.19. The molecule has 7 heteroatoms. The van der Waals surface area contributed by atoms with E-state index in [0.29, 0.717) is 23.8 Å². The minimum Gasteiger partial charge on any atom is -0.391 e. The first-order valence-corrected chi connectivity index (χ1v) is 8.19. The van der Waals surface area contributed by atoms with Crippen LogP contribution in [0.2, 0.25) is 0 Å². The summed E-state index contributed by atoms with van der Waals surface area (Å²) in [5, 5.41) is 16.0. The van der Waals surface area contributed by atoms with Gasteiger partial charge in [0.05, 0.1) is 12.2 Å². The van der Waals surface area contributed by atoms with E-state index in [1.165, 1.54) is 0 Å². The average Bonchev–Trinajstić information content (AvgIpc) is 3.01. The summed E-state index contributed by atoms with van der Waals surface area (Å²) in [5.41, 5.74) is 0.624. The highest BCUT2D eigenvalue weighted by molar-refractivity contribution is 5.93. The third-order valence-electron chi connectivity index (χ3n) is 4.40. The Morgan fingerprint density at radius 2 is 2.38 bits per heavy atom. The highest BCUT2D eigenvalue weighted by atomic mass is 16.5. The van der Waals surface area contributed by atoms with Crippen LogP contribution in [0.4, 0.5) is 5.82 Å². The van der Waals surface area contributed by atoms with Gasteiger partial charge in [-0.25, -0.2) is 4.98 Å². The number of rotatable bonds is 5. The van der Waals surface area contributed by atoms with Crippen LogP contribution in [0, 0.1) is 12.8 Å². The summed E-state index contributed by atoms with van der Waals surface area (Å²) in [5.74, 6) is 1.51. The predicted octanol–water partition coefficient (Wildman–Crippen LogP) is 1.52. The number of carbonyl (C=O) groups is 1. The number of carbonyl (C=O) groups excluding carboxylic acids is 1. The second-order valence-electron chi connectivity index (χ2n) is 6.08. The molecule has 0 bridgehead atoms. The maximum atomic E-state index is 12.3. The van der Waals surface area contributed by atoms with Crippen molar-refractivity contribution in [2.45, 2.75) is 26.4 Å². The Bertz CT molecular complexity index is 686. The van der Waals surface area contributed by atoms with Gasteiger partial charge >= 0.3 is 0 Å². The lowest BCUT2D eigenvalue weighted by atomic mass is 9.98. The predicted molar refractivity (Wildman–Crippen MR) is 88.7 cm³/mol. The summed E-state index contributed by atoms with van der Waals surface area (Å²) in [6.45, 7) is 3.84. The summed E-state index contributed by atoms with van der Waals surface area (Å²) in [7, 11) is 0. The van der Waals surface area contributed by atoms with Crippen LogP contribution in [0.5, 0.6) is 0 Å². The zero-order valence-electron chi connectivity index (χ0n) is 13.7. The van der Waals surface area contributed by atoms with Crippen molar-refractivity contribution in [1.29, 1.82) is 0 Å². The molecule has 3 heterocycles. The molecule has 128 valence electrons. The number of amides is 1. The normalized spacial score (nSPS) is 17.8. The second kappa shape index (κ2) is 7.44. The summed E-state index contributed by atoms with van der Waals surface area (Å²) in [6.07, 6.45) is 3.93. The summed E-state index contributed by atoms with van der Waals surface area (Å²) < 4.78 is 4.99. The number of anilines is 1. The Kier molecular flexibility index (Phi) is 5.10. The highest BCUT2D eigenvalue weighted by Gasteiger charge is 2.23. The zero-order chi connectivity index (χ0) is 16.9. The topological polar surface area (TPSA) is 91.5 Å². The standard InChI is InChI=1S/C17H22N4O3/c1-12-14(11-22)16(20-24-12)17(23)19-9-13-5-4-8-21(10-13)15-6-2-3-7-18-15/h2-3,6-7,13,22H,4-5,8-11H2,1H3,(H,19,23)/t13-/m1/s1. The molecule has 0 radical (unpaired) electrons. The number of hydrogen-bond donors (Lipinski definition) is 2. The lowest BCUT2D eigenvalue weighted by Gasteiger charge is -2.33. The first kappa shape index (κ1) is 16.4. The minimum absolute atomic E-state index is 0.174. The van der Waals surface area contributed by atoms with Crippen LogP contribution >= 0.6 is 0 Å². The molecule has 24 heavy (non-hydrogen) atoms. The Labute approximate surface area is 140 Å². The zero-order valence-corrected chi connectivity index (χ0v) is 13.7. The average molecular weight is 330 g/mol. The maximum absolute atomic E-state index is 12.3. The van der Waals surface area contributed by atoms with Crippen molar-refractivity contribution in [3.8, 4) is 0 Å². The highest BCUT2D eigenvalue weighted by Crippen LogP contribution is 2.21. The van der Waals surface area contributed by atoms with E-state index in [1.807, 2.05) is 18.2 Å². The Morgan fingerprint density at radius 1 is 1.50 bits per heavy atom. The van der Waals surface area contributed by atoms with Gasteiger partial charge in [-0.05, 0) is 37.8 Å². The van der Waals surface area contributed by atoms with Crippen LogP contribution in [-0.2, 0) is 6.61 Å². The fourth-order valence-electron chi connectivity index (χ4n) is 3.06. The van der Waals surface area contributed by atoms with Gasteiger partial charge in [0.2, 0.25) is 0 Å². The molecule has 7 nitrogen and oxygen atoms in total. The Hall–Kier alpha value is -2.41. The third kappa shape index (κ3) is 3.56. The summed E-state index contributed by atoms with van der Waals surface area (Å²) >= 11 is 0. The van der Waals surface area contributed by atoms with Crippen LogP contribution in [0.3, 0.4) is 0 Å². The van der Waals surface area contributed by atoms with E-state index in [4.69, 9.17) is 4.52 Å². The molecule has 0 saturated carbocycles. The molecular formula is C17H22N4O3. The van der Waals surface area contributed by atoms with Gasteiger partial charge in [0.1, 0.15) is 11.6 Å². The van der Waals surface area contributed by atoms with Gasteiger partial charge < -0.3 is 19.8 Å². The van der Waals surface area contributed by atoms with Gasteiger partial charge in [0.25, 0.3) is 5.91 Å². The van der Waals surface area contributed by atoms with Crippen molar-refractivity contribution in [2.75, 3.05) is 24.5 Å². The van der Waals surface area contributed by atoms with Crippen molar-refractivity contribution in [3.05, 3.63) is 41.4 Å².